The maximum Gasteiger partial charge on any atom is 0.159 e. The van der Waals surface area contributed by atoms with E-state index in [-0.39, 0.29) is 0 Å². The van der Waals surface area contributed by atoms with Crippen LogP contribution in [-0.4, -0.2) is 0 Å². The molecule has 0 saturated heterocycles. The molecule has 0 bridgehead atoms. The average Bonchev–Trinajstić information content (AvgIpc) is 4.02. The molecule has 0 unspecified atom stereocenters. The van der Waals surface area contributed by atoms with Crippen LogP contribution < -0.4 is 9.80 Å². The molecule has 5 nitrogen and oxygen atoms in total. The van der Waals surface area contributed by atoms with E-state index in [1.54, 1.807) is 0 Å². The largest absolute Gasteiger partial charge is 0.455 e. The van der Waals surface area contributed by atoms with Gasteiger partial charge in [0.25, 0.3) is 0 Å². The van der Waals surface area contributed by atoms with Crippen molar-refractivity contribution in [2.75, 3.05) is 9.80 Å². The summed E-state index contributed by atoms with van der Waals surface area (Å²) in [6.07, 6.45) is 0. The fourth-order valence-corrected chi connectivity index (χ4v) is 9.96. The Morgan fingerprint density at radius 1 is 0.286 bits per heavy atom. The molecular weight excluding hydrogens is 773 g/mol. The first kappa shape index (κ1) is 35.5. The Morgan fingerprint density at radius 2 is 0.698 bits per heavy atom. The molecule has 0 aliphatic carbocycles. The maximum atomic E-state index is 7.18. The monoisotopic (exact) mass is 810 g/mol. The van der Waals surface area contributed by atoms with E-state index in [0.717, 1.165) is 121 Å². The normalized spacial score (nSPS) is 12.0. The molecule has 0 aliphatic rings. The molecule has 0 aliphatic heterocycles. The van der Waals surface area contributed by atoms with Gasteiger partial charge in [0.05, 0.1) is 22.7 Å². The maximum absolute atomic E-state index is 7.18. The van der Waals surface area contributed by atoms with Crippen LogP contribution in [0.4, 0.5) is 34.1 Å². The second-order valence-corrected chi connectivity index (χ2v) is 16.6. The van der Waals surface area contributed by atoms with Crippen molar-refractivity contribution < 1.29 is 13.3 Å². The minimum absolute atomic E-state index is 0.803. The molecule has 0 N–H and O–H groups in total. The lowest BCUT2D eigenvalue weighted by atomic mass is 9.97. The lowest BCUT2D eigenvalue weighted by Gasteiger charge is -2.27. The van der Waals surface area contributed by atoms with Crippen LogP contribution in [0, 0.1) is 13.8 Å². The molecule has 13 rings (SSSR count). The van der Waals surface area contributed by atoms with Crippen molar-refractivity contribution in [3.05, 3.63) is 205 Å². The number of aryl methyl sites for hydroxylation is 2. The summed E-state index contributed by atoms with van der Waals surface area (Å²) in [5.41, 5.74) is 13.4. The Morgan fingerprint density at radius 3 is 1.25 bits per heavy atom. The van der Waals surface area contributed by atoms with Crippen LogP contribution in [0.15, 0.2) is 207 Å². The second-order valence-electron chi connectivity index (χ2n) is 16.6. The zero-order valence-electron chi connectivity index (χ0n) is 34.6. The zero-order valence-corrected chi connectivity index (χ0v) is 34.6. The van der Waals surface area contributed by atoms with Gasteiger partial charge in [0.1, 0.15) is 22.3 Å². The third-order valence-corrected chi connectivity index (χ3v) is 12.7. The van der Waals surface area contributed by atoms with Crippen LogP contribution >= 0.6 is 0 Å². The van der Waals surface area contributed by atoms with Crippen LogP contribution in [0.2, 0.25) is 0 Å². The van der Waals surface area contributed by atoms with Gasteiger partial charge in [-0.05, 0) is 85.0 Å². The van der Waals surface area contributed by atoms with E-state index in [9.17, 15) is 0 Å². The van der Waals surface area contributed by atoms with Crippen molar-refractivity contribution in [3.63, 3.8) is 0 Å². The van der Waals surface area contributed by atoms with Crippen molar-refractivity contribution in [1.29, 1.82) is 0 Å². The summed E-state index contributed by atoms with van der Waals surface area (Å²) in [5.74, 6) is 0. The summed E-state index contributed by atoms with van der Waals surface area (Å²) in [6.45, 7) is 4.29. The molecular formula is C58H38N2O3. The molecule has 10 aromatic carbocycles. The Hall–Kier alpha value is -8.28. The van der Waals surface area contributed by atoms with Crippen molar-refractivity contribution in [2.45, 2.75) is 13.8 Å². The van der Waals surface area contributed by atoms with Gasteiger partial charge >= 0.3 is 0 Å². The van der Waals surface area contributed by atoms with Gasteiger partial charge in [-0.1, -0.05) is 133 Å². The molecule has 5 heteroatoms. The Bertz CT molecular complexity index is 3980. The predicted octanol–water partition coefficient (Wildman–Crippen LogP) is 17.2. The molecule has 3 aromatic heterocycles. The zero-order chi connectivity index (χ0) is 41.8. The first-order chi connectivity index (χ1) is 31.1. The molecule has 13 aromatic rings. The van der Waals surface area contributed by atoms with Gasteiger partial charge in [0.2, 0.25) is 0 Å². The Balaban J connectivity index is 1.12. The SMILES string of the molecule is Cc1cccc(N(c2cc3c(oc4cc(N(c5cccc(C)c5)c5cccc6c5oc5ccccc56)c5ccccc5c43)c3ccccc23)c2cccc3c2oc2ccccc23)c1. The molecule has 0 amide bonds. The first-order valence-corrected chi connectivity index (χ1v) is 21.4. The minimum Gasteiger partial charge on any atom is -0.455 e. The van der Waals surface area contributed by atoms with Gasteiger partial charge in [0, 0.05) is 65.9 Å². The summed E-state index contributed by atoms with van der Waals surface area (Å²) in [7, 11) is 0. The summed E-state index contributed by atoms with van der Waals surface area (Å²) in [4.78, 5) is 4.70. The van der Waals surface area contributed by atoms with E-state index < -0.39 is 0 Å². The fraction of sp³-hybridized carbons (Fsp3) is 0.0345. The molecule has 0 saturated carbocycles. The van der Waals surface area contributed by atoms with Crippen LogP contribution in [0.1, 0.15) is 11.1 Å². The van der Waals surface area contributed by atoms with Crippen molar-refractivity contribution in [2.24, 2.45) is 0 Å². The van der Waals surface area contributed by atoms with E-state index in [4.69, 9.17) is 13.3 Å². The van der Waals surface area contributed by atoms with Crippen LogP contribution in [-0.2, 0) is 0 Å². The van der Waals surface area contributed by atoms with Gasteiger partial charge < -0.3 is 23.1 Å². The number of hydrogen-bond donors (Lipinski definition) is 0. The number of furan rings is 3. The standard InChI is InChI=1S/C58H38N2O3/c1-35-15-11-17-37(31-35)59(48-27-13-25-45-41-21-7-9-29-52(41)61-57(45)48)50-33-47-55-43-23-5-3-19-39(43)51(34-54(55)63-56(47)44-24-6-4-20-40(44)50)60(38-18-12-16-36(2)32-38)49-28-14-26-46-42-22-8-10-30-53(42)62-58(46)49/h3-34H,1-2H3. The van der Waals surface area contributed by atoms with Gasteiger partial charge in [-0.2, -0.15) is 0 Å². The highest BCUT2D eigenvalue weighted by molar-refractivity contribution is 6.28. The van der Waals surface area contributed by atoms with E-state index >= 15 is 0 Å². The average molecular weight is 811 g/mol. The molecule has 3 heterocycles. The summed E-state index contributed by atoms with van der Waals surface area (Å²) < 4.78 is 20.6. The topological polar surface area (TPSA) is 45.9 Å². The highest BCUT2D eigenvalue weighted by Gasteiger charge is 2.27. The van der Waals surface area contributed by atoms with Crippen molar-refractivity contribution in [3.8, 4) is 0 Å². The summed E-state index contributed by atoms with van der Waals surface area (Å²) in [6, 6.07) is 68.7. The summed E-state index contributed by atoms with van der Waals surface area (Å²) >= 11 is 0. The van der Waals surface area contributed by atoms with Gasteiger partial charge in [-0.15, -0.1) is 0 Å². The van der Waals surface area contributed by atoms with E-state index in [1.165, 1.54) is 11.1 Å². The van der Waals surface area contributed by atoms with E-state index in [2.05, 4.69) is 194 Å². The fourth-order valence-electron chi connectivity index (χ4n) is 9.96. The smallest absolute Gasteiger partial charge is 0.159 e. The Labute approximate surface area is 362 Å². The van der Waals surface area contributed by atoms with Gasteiger partial charge in [-0.3, -0.25) is 0 Å². The van der Waals surface area contributed by atoms with Crippen LogP contribution in [0.25, 0.3) is 87.4 Å². The quantitative estimate of drug-likeness (QED) is 0.167. The van der Waals surface area contributed by atoms with Crippen molar-refractivity contribution in [1.82, 2.24) is 0 Å². The number of hydrogen-bond acceptors (Lipinski definition) is 5. The minimum atomic E-state index is 0.803. The number of para-hydroxylation sites is 4. The molecule has 0 radical (unpaired) electrons. The second kappa shape index (κ2) is 13.6. The lowest BCUT2D eigenvalue weighted by molar-refractivity contribution is 0.668. The Kier molecular flexibility index (Phi) is 7.67. The third kappa shape index (κ3) is 5.36. The highest BCUT2D eigenvalue weighted by Crippen LogP contribution is 2.51. The summed E-state index contributed by atoms with van der Waals surface area (Å²) in [5, 5.41) is 10.7. The number of rotatable bonds is 6. The molecule has 63 heavy (non-hydrogen) atoms. The third-order valence-electron chi connectivity index (χ3n) is 12.7. The number of fused-ring (bicyclic) bond motifs is 13. The molecule has 0 fully saturated rings. The number of nitrogens with zero attached hydrogens (tertiary/aromatic N) is 2. The predicted molar refractivity (Wildman–Crippen MR) is 262 cm³/mol. The molecule has 0 spiro atoms. The van der Waals surface area contributed by atoms with E-state index in [0.29, 0.717) is 0 Å². The van der Waals surface area contributed by atoms with E-state index in [1.807, 2.05) is 24.3 Å². The highest BCUT2D eigenvalue weighted by atomic mass is 16.3. The molecule has 0 atom stereocenters. The van der Waals surface area contributed by atoms with Gasteiger partial charge in [-0.25, -0.2) is 0 Å². The first-order valence-electron chi connectivity index (χ1n) is 21.4. The molecule has 298 valence electrons. The van der Waals surface area contributed by atoms with Crippen LogP contribution in [0.5, 0.6) is 0 Å². The number of benzene rings is 10. The lowest BCUT2D eigenvalue weighted by Crippen LogP contribution is -2.11. The van der Waals surface area contributed by atoms with Crippen LogP contribution in [0.3, 0.4) is 0 Å². The van der Waals surface area contributed by atoms with Gasteiger partial charge in [0.15, 0.2) is 11.2 Å². The number of anilines is 6. The van der Waals surface area contributed by atoms with Crippen molar-refractivity contribution >= 4 is 121 Å².